The number of ether oxygens (including phenoxy) is 3. The van der Waals surface area contributed by atoms with Gasteiger partial charge in [0.2, 0.25) is 0 Å². The lowest BCUT2D eigenvalue weighted by atomic mass is 10.1. The zero-order valence-corrected chi connectivity index (χ0v) is 36.0. The first-order valence-electron chi connectivity index (χ1n) is 22.0. The highest BCUT2D eigenvalue weighted by atomic mass is 16.6. The van der Waals surface area contributed by atoms with E-state index in [0.29, 0.717) is 19.3 Å². The van der Waals surface area contributed by atoms with Crippen LogP contribution in [-0.2, 0) is 28.6 Å². The van der Waals surface area contributed by atoms with Crippen LogP contribution in [0.15, 0.2) is 122 Å². The molecule has 1 unspecified atom stereocenters. The van der Waals surface area contributed by atoms with Crippen molar-refractivity contribution in [3.05, 3.63) is 122 Å². The van der Waals surface area contributed by atoms with Crippen molar-refractivity contribution in [2.75, 3.05) is 13.2 Å². The first kappa shape index (κ1) is 52.8. The van der Waals surface area contributed by atoms with Gasteiger partial charge in [-0.25, -0.2) is 0 Å². The Hall–Kier alpha value is -4.19. The summed E-state index contributed by atoms with van der Waals surface area (Å²) < 4.78 is 16.5. The van der Waals surface area contributed by atoms with Crippen LogP contribution >= 0.6 is 0 Å². The Morgan fingerprint density at radius 1 is 0.368 bits per heavy atom. The minimum atomic E-state index is -0.845. The summed E-state index contributed by atoms with van der Waals surface area (Å²) in [6.45, 7) is 6.19. The van der Waals surface area contributed by atoms with E-state index in [1.54, 1.807) is 0 Å². The van der Waals surface area contributed by atoms with E-state index in [4.69, 9.17) is 14.2 Å². The molecule has 0 rings (SSSR count). The quantitative estimate of drug-likeness (QED) is 0.0270. The van der Waals surface area contributed by atoms with Crippen molar-refractivity contribution in [1.29, 1.82) is 0 Å². The van der Waals surface area contributed by atoms with E-state index in [-0.39, 0.29) is 38.0 Å². The van der Waals surface area contributed by atoms with E-state index in [0.717, 1.165) is 83.5 Å². The molecule has 0 radical (unpaired) electrons. The number of unbranched alkanes of at least 4 members (excludes halogenated alkanes) is 6. The van der Waals surface area contributed by atoms with Crippen LogP contribution in [0.1, 0.15) is 162 Å². The van der Waals surface area contributed by atoms with Crippen LogP contribution in [0.5, 0.6) is 0 Å². The fraction of sp³-hybridized carbons (Fsp3) is 0.549. The molecule has 6 heteroatoms. The molecule has 0 bridgehead atoms. The van der Waals surface area contributed by atoms with Gasteiger partial charge < -0.3 is 14.2 Å². The summed E-state index contributed by atoms with van der Waals surface area (Å²) in [7, 11) is 0. The molecule has 0 amide bonds. The van der Waals surface area contributed by atoms with Gasteiger partial charge in [0.15, 0.2) is 6.10 Å². The maximum Gasteiger partial charge on any atom is 0.306 e. The molecule has 0 saturated heterocycles. The maximum absolute atomic E-state index is 12.6. The predicted molar refractivity (Wildman–Crippen MR) is 242 cm³/mol. The van der Waals surface area contributed by atoms with Crippen LogP contribution in [0, 0.1) is 0 Å². The van der Waals surface area contributed by atoms with E-state index in [1.807, 2.05) is 24.3 Å². The van der Waals surface area contributed by atoms with Crippen LogP contribution in [-0.4, -0.2) is 37.2 Å². The Labute approximate surface area is 348 Å². The van der Waals surface area contributed by atoms with Gasteiger partial charge >= 0.3 is 17.9 Å². The zero-order chi connectivity index (χ0) is 41.5. The number of carbonyl (C=O) groups excluding carboxylic acids is 3. The highest BCUT2D eigenvalue weighted by Crippen LogP contribution is 2.10. The summed E-state index contributed by atoms with van der Waals surface area (Å²) in [6.07, 6.45) is 60.8. The molecule has 0 heterocycles. The summed E-state index contributed by atoms with van der Waals surface area (Å²) in [5, 5.41) is 0. The Balaban J connectivity index is 4.55. The molecule has 0 aliphatic heterocycles. The minimum absolute atomic E-state index is 0.133. The molecular formula is C51H78O6. The second-order valence-electron chi connectivity index (χ2n) is 13.8. The normalized spacial score (nSPS) is 13.2. The molecule has 0 aromatic heterocycles. The molecule has 0 spiro atoms. The first-order chi connectivity index (χ1) is 28.0. The van der Waals surface area contributed by atoms with Gasteiger partial charge in [0.05, 0.1) is 0 Å². The van der Waals surface area contributed by atoms with Gasteiger partial charge in [0, 0.05) is 19.3 Å². The lowest BCUT2D eigenvalue weighted by Crippen LogP contribution is -2.30. The molecule has 318 valence electrons. The SMILES string of the molecule is CC/C=C\C/C=C\C/C=C\C/C=C\C/C=C\C/C=C\CCC(=O)OCC(COC(=O)CCCCCCCCC)OC(=O)CC/C=C\C/C=C\C/C=C\C/C=C\CC. The molecule has 0 aromatic rings. The van der Waals surface area contributed by atoms with Crippen molar-refractivity contribution >= 4 is 17.9 Å². The molecule has 0 saturated carbocycles. The highest BCUT2D eigenvalue weighted by Gasteiger charge is 2.19. The van der Waals surface area contributed by atoms with Gasteiger partial charge in [0.1, 0.15) is 13.2 Å². The van der Waals surface area contributed by atoms with Crippen molar-refractivity contribution in [2.45, 2.75) is 168 Å². The predicted octanol–water partition coefficient (Wildman–Crippen LogP) is 14.2. The fourth-order valence-corrected chi connectivity index (χ4v) is 5.24. The molecule has 0 fully saturated rings. The Kier molecular flexibility index (Phi) is 41.3. The number of carbonyl (C=O) groups is 3. The van der Waals surface area contributed by atoms with Crippen LogP contribution in [0.25, 0.3) is 0 Å². The molecule has 0 aliphatic carbocycles. The van der Waals surface area contributed by atoms with Gasteiger partial charge in [0.25, 0.3) is 0 Å². The fourth-order valence-electron chi connectivity index (χ4n) is 5.24. The molecule has 0 N–H and O–H groups in total. The number of esters is 3. The lowest BCUT2D eigenvalue weighted by molar-refractivity contribution is -0.166. The van der Waals surface area contributed by atoms with Crippen LogP contribution in [0.3, 0.4) is 0 Å². The summed E-state index contributed by atoms with van der Waals surface area (Å²) in [4.78, 5) is 37.5. The van der Waals surface area contributed by atoms with E-state index >= 15 is 0 Å². The van der Waals surface area contributed by atoms with Crippen molar-refractivity contribution < 1.29 is 28.6 Å². The van der Waals surface area contributed by atoms with Gasteiger partial charge in [-0.15, -0.1) is 0 Å². The lowest BCUT2D eigenvalue weighted by Gasteiger charge is -2.18. The van der Waals surface area contributed by atoms with E-state index in [1.165, 1.54) is 25.7 Å². The second kappa shape index (κ2) is 44.5. The molecule has 6 nitrogen and oxygen atoms in total. The van der Waals surface area contributed by atoms with Gasteiger partial charge in [-0.05, 0) is 83.5 Å². The Morgan fingerprint density at radius 3 is 1.07 bits per heavy atom. The second-order valence-corrected chi connectivity index (χ2v) is 13.8. The molecule has 0 aromatic carbocycles. The standard InChI is InChI=1S/C51H78O6/c1-4-7-10-13-16-18-20-22-23-24-25-26-27-29-30-32-35-38-41-44-50(53)56-47-48(46-55-49(52)43-40-37-34-15-12-9-6-3)57-51(54)45-42-39-36-33-31-28-21-19-17-14-11-8-5-2/h7-8,10-11,16-19,22-23,25-26,28-31,35-36,38-39,48H,4-6,9,12-15,20-21,24,27,32-34,37,40-47H2,1-3H3/b10-7-,11-8-,18-16-,19-17-,23-22-,26-25-,30-29-,31-28-,38-35-,39-36-. The van der Waals surface area contributed by atoms with Crippen LogP contribution in [0.4, 0.5) is 0 Å². The number of allylic oxidation sites excluding steroid dienone is 20. The molecular weight excluding hydrogens is 709 g/mol. The van der Waals surface area contributed by atoms with Crippen molar-refractivity contribution in [3.8, 4) is 0 Å². The monoisotopic (exact) mass is 787 g/mol. The third-order valence-corrected chi connectivity index (χ3v) is 8.49. The van der Waals surface area contributed by atoms with Crippen LogP contribution < -0.4 is 0 Å². The van der Waals surface area contributed by atoms with E-state index < -0.39 is 12.1 Å². The summed E-state index contributed by atoms with van der Waals surface area (Å²) in [5.41, 5.74) is 0. The average molecular weight is 787 g/mol. The average Bonchev–Trinajstić information content (AvgIpc) is 3.21. The Bertz CT molecular complexity index is 1270. The third-order valence-electron chi connectivity index (χ3n) is 8.49. The Morgan fingerprint density at radius 2 is 0.684 bits per heavy atom. The maximum atomic E-state index is 12.6. The van der Waals surface area contributed by atoms with Crippen molar-refractivity contribution in [3.63, 3.8) is 0 Å². The smallest absolute Gasteiger partial charge is 0.306 e. The van der Waals surface area contributed by atoms with Gasteiger partial charge in [-0.2, -0.15) is 0 Å². The molecule has 0 aliphatic rings. The topological polar surface area (TPSA) is 78.9 Å². The van der Waals surface area contributed by atoms with Crippen molar-refractivity contribution in [1.82, 2.24) is 0 Å². The summed E-state index contributed by atoms with van der Waals surface area (Å²) >= 11 is 0. The molecule has 57 heavy (non-hydrogen) atoms. The number of hydrogen-bond acceptors (Lipinski definition) is 6. The number of rotatable bonds is 37. The number of hydrogen-bond donors (Lipinski definition) is 0. The van der Waals surface area contributed by atoms with Gasteiger partial charge in [-0.3, -0.25) is 14.4 Å². The zero-order valence-electron chi connectivity index (χ0n) is 36.0. The van der Waals surface area contributed by atoms with E-state index in [2.05, 4.69) is 118 Å². The summed E-state index contributed by atoms with van der Waals surface area (Å²) in [6, 6.07) is 0. The third kappa shape index (κ3) is 42.8. The van der Waals surface area contributed by atoms with Crippen molar-refractivity contribution in [2.24, 2.45) is 0 Å². The first-order valence-corrected chi connectivity index (χ1v) is 22.0. The minimum Gasteiger partial charge on any atom is -0.462 e. The van der Waals surface area contributed by atoms with E-state index in [9.17, 15) is 14.4 Å². The largest absolute Gasteiger partial charge is 0.462 e. The van der Waals surface area contributed by atoms with Crippen LogP contribution in [0.2, 0.25) is 0 Å². The summed E-state index contributed by atoms with van der Waals surface area (Å²) in [5.74, 6) is -1.13. The molecule has 1 atom stereocenters. The highest BCUT2D eigenvalue weighted by molar-refractivity contribution is 5.71. The van der Waals surface area contributed by atoms with Gasteiger partial charge in [-0.1, -0.05) is 181 Å².